The van der Waals surface area contributed by atoms with Gasteiger partial charge in [-0.05, 0) is 42.7 Å². The molecule has 0 aliphatic carbocycles. The summed E-state index contributed by atoms with van der Waals surface area (Å²) in [5.74, 6) is 1.51. The molecule has 0 radical (unpaired) electrons. The van der Waals surface area contributed by atoms with E-state index >= 15 is 0 Å². The summed E-state index contributed by atoms with van der Waals surface area (Å²) in [7, 11) is 2.61. The van der Waals surface area contributed by atoms with E-state index in [0.29, 0.717) is 23.8 Å². The molecule has 25 heavy (non-hydrogen) atoms. The molecule has 6 nitrogen and oxygen atoms in total. The van der Waals surface area contributed by atoms with E-state index in [4.69, 9.17) is 32.4 Å². The Bertz CT molecular complexity index is 705. The average molecular weight is 360 g/mol. The van der Waals surface area contributed by atoms with Gasteiger partial charge in [0.25, 0.3) is 0 Å². The minimum atomic E-state index is 0.222. The molecule has 1 unspecified atom stereocenters. The molecule has 0 fully saturated rings. The molecule has 0 saturated carbocycles. The first-order valence-electron chi connectivity index (χ1n) is 7.96. The zero-order valence-corrected chi connectivity index (χ0v) is 15.2. The molecule has 0 amide bonds. The Labute approximate surface area is 150 Å². The fourth-order valence-electron chi connectivity index (χ4n) is 2.26. The van der Waals surface area contributed by atoms with Gasteiger partial charge in [-0.3, -0.25) is 0 Å². The second-order valence-electron chi connectivity index (χ2n) is 5.64. The van der Waals surface area contributed by atoms with Crippen LogP contribution in [0, 0.1) is 0 Å². The number of nitrogens with two attached hydrogens (primary N) is 4. The Balaban J connectivity index is 1.86. The van der Waals surface area contributed by atoms with Crippen LogP contribution < -0.4 is 37.7 Å². The Morgan fingerprint density at radius 3 is 2.40 bits per heavy atom. The van der Waals surface area contributed by atoms with Crippen LogP contribution in [0.15, 0.2) is 48.3 Å². The van der Waals surface area contributed by atoms with E-state index in [9.17, 15) is 0 Å². The second-order valence-corrected chi connectivity index (χ2v) is 6.26. The van der Waals surface area contributed by atoms with Gasteiger partial charge in [0.05, 0.1) is 18.1 Å². The minimum absolute atomic E-state index is 0.222. The van der Waals surface area contributed by atoms with Crippen molar-refractivity contribution in [2.45, 2.75) is 12.8 Å². The summed E-state index contributed by atoms with van der Waals surface area (Å²) in [6.07, 6.45) is 3.38. The maximum absolute atomic E-state index is 6.07. The van der Waals surface area contributed by atoms with Crippen LogP contribution in [-0.2, 0) is 6.42 Å². The standard InChI is InChI=1S/C18H25N4O2P/c19-13-5-3-12(4-6-13)2-1-8-24-18-15(20)10-14(11-16(18)25)23-9-7-17(21)22/h3-7,10-11H,1-2,8-9,19-22,25H2. The summed E-state index contributed by atoms with van der Waals surface area (Å²) in [4.78, 5) is 0. The number of hydrogen-bond acceptors (Lipinski definition) is 6. The lowest BCUT2D eigenvalue weighted by Gasteiger charge is -2.14. The highest BCUT2D eigenvalue weighted by molar-refractivity contribution is 7.27. The quantitative estimate of drug-likeness (QED) is 0.321. The molecule has 134 valence electrons. The summed E-state index contributed by atoms with van der Waals surface area (Å²) in [5.41, 5.74) is 25.0. The van der Waals surface area contributed by atoms with Crippen molar-refractivity contribution in [2.24, 2.45) is 11.5 Å². The molecular weight excluding hydrogens is 335 g/mol. The van der Waals surface area contributed by atoms with Crippen LogP contribution in [0.2, 0.25) is 0 Å². The molecule has 2 aromatic rings. The van der Waals surface area contributed by atoms with E-state index in [1.165, 1.54) is 5.56 Å². The van der Waals surface area contributed by atoms with Crippen LogP contribution in [0.4, 0.5) is 11.4 Å². The third kappa shape index (κ3) is 6.08. The van der Waals surface area contributed by atoms with E-state index in [2.05, 4.69) is 9.24 Å². The van der Waals surface area contributed by atoms with Crippen LogP contribution in [0.5, 0.6) is 11.5 Å². The first-order chi connectivity index (χ1) is 12.0. The van der Waals surface area contributed by atoms with Crippen molar-refractivity contribution in [3.05, 3.63) is 53.9 Å². The molecule has 8 N–H and O–H groups in total. The molecule has 0 heterocycles. The van der Waals surface area contributed by atoms with Gasteiger partial charge in [0.15, 0.2) is 0 Å². The molecule has 2 aromatic carbocycles. The first-order valence-corrected chi connectivity index (χ1v) is 8.53. The van der Waals surface area contributed by atoms with Gasteiger partial charge in [0.1, 0.15) is 18.1 Å². The van der Waals surface area contributed by atoms with Gasteiger partial charge in [-0.2, -0.15) is 0 Å². The van der Waals surface area contributed by atoms with Crippen molar-refractivity contribution in [3.8, 4) is 11.5 Å². The van der Waals surface area contributed by atoms with E-state index in [-0.39, 0.29) is 12.4 Å². The van der Waals surface area contributed by atoms with Gasteiger partial charge in [0.2, 0.25) is 0 Å². The number of benzene rings is 2. The van der Waals surface area contributed by atoms with Crippen LogP contribution in [0.25, 0.3) is 0 Å². The highest BCUT2D eigenvalue weighted by Gasteiger charge is 2.08. The van der Waals surface area contributed by atoms with Crippen LogP contribution in [-0.4, -0.2) is 13.2 Å². The molecule has 0 aliphatic rings. The monoisotopic (exact) mass is 360 g/mol. The van der Waals surface area contributed by atoms with Gasteiger partial charge in [-0.1, -0.05) is 12.1 Å². The fourth-order valence-corrected chi connectivity index (χ4v) is 2.68. The minimum Gasteiger partial charge on any atom is -0.491 e. The normalized spacial score (nSPS) is 10.3. The number of ether oxygens (including phenoxy) is 2. The predicted octanol–water partition coefficient (Wildman–Crippen LogP) is 1.50. The van der Waals surface area contributed by atoms with E-state index < -0.39 is 0 Å². The average Bonchev–Trinajstić information content (AvgIpc) is 2.55. The SMILES string of the molecule is NC(N)=CCOc1cc(N)c(OCCCc2ccc(N)cc2)c(P)c1. The Morgan fingerprint density at radius 2 is 1.76 bits per heavy atom. The smallest absolute Gasteiger partial charge is 0.149 e. The van der Waals surface area contributed by atoms with Crippen molar-refractivity contribution in [3.63, 3.8) is 0 Å². The zero-order chi connectivity index (χ0) is 18.2. The molecule has 0 spiro atoms. The third-order valence-electron chi connectivity index (χ3n) is 3.52. The number of aryl methyl sites for hydroxylation is 1. The summed E-state index contributed by atoms with van der Waals surface area (Å²) in [5, 5.41) is 0.840. The summed E-state index contributed by atoms with van der Waals surface area (Å²) < 4.78 is 11.4. The first kappa shape index (κ1) is 18.7. The Kier molecular flexibility index (Phi) is 6.78. The molecule has 0 saturated heterocycles. The van der Waals surface area contributed by atoms with E-state index in [1.807, 2.05) is 30.3 Å². The van der Waals surface area contributed by atoms with Crippen molar-refractivity contribution < 1.29 is 9.47 Å². The highest BCUT2D eigenvalue weighted by atomic mass is 31.0. The second kappa shape index (κ2) is 9.04. The lowest BCUT2D eigenvalue weighted by atomic mass is 10.1. The largest absolute Gasteiger partial charge is 0.491 e. The van der Waals surface area contributed by atoms with Crippen LogP contribution in [0.1, 0.15) is 12.0 Å². The van der Waals surface area contributed by atoms with Crippen LogP contribution >= 0.6 is 9.24 Å². The van der Waals surface area contributed by atoms with Gasteiger partial charge in [-0.25, -0.2) is 0 Å². The highest BCUT2D eigenvalue weighted by Crippen LogP contribution is 2.27. The number of rotatable bonds is 8. The Hall–Kier alpha value is -2.59. The maximum Gasteiger partial charge on any atom is 0.149 e. The van der Waals surface area contributed by atoms with Crippen molar-refractivity contribution in [1.29, 1.82) is 0 Å². The van der Waals surface area contributed by atoms with Crippen molar-refractivity contribution in [2.75, 3.05) is 24.7 Å². The number of hydrogen-bond donors (Lipinski definition) is 4. The Morgan fingerprint density at radius 1 is 1.04 bits per heavy atom. The molecular formula is C18H25N4O2P. The van der Waals surface area contributed by atoms with Gasteiger partial charge >= 0.3 is 0 Å². The summed E-state index contributed by atoms with van der Waals surface area (Å²) in [6.45, 7) is 0.857. The molecule has 7 heteroatoms. The lowest BCUT2D eigenvalue weighted by Crippen LogP contribution is -2.11. The third-order valence-corrected chi connectivity index (χ3v) is 3.95. The molecule has 0 aromatic heterocycles. The zero-order valence-electron chi connectivity index (χ0n) is 14.1. The predicted molar refractivity (Wildman–Crippen MR) is 107 cm³/mol. The summed E-state index contributed by atoms with van der Waals surface area (Å²) in [6, 6.07) is 11.4. The molecule has 0 aliphatic heterocycles. The van der Waals surface area contributed by atoms with Gasteiger partial charge in [0, 0.05) is 17.1 Å². The number of nitrogen functional groups attached to an aromatic ring is 2. The molecule has 2 rings (SSSR count). The number of anilines is 2. The lowest BCUT2D eigenvalue weighted by molar-refractivity contribution is 0.314. The molecule has 0 bridgehead atoms. The van der Waals surface area contributed by atoms with Crippen LogP contribution in [0.3, 0.4) is 0 Å². The fraction of sp³-hybridized carbons (Fsp3) is 0.222. The van der Waals surface area contributed by atoms with Crippen molar-refractivity contribution >= 4 is 25.9 Å². The summed E-state index contributed by atoms with van der Waals surface area (Å²) >= 11 is 0. The molecule has 1 atom stereocenters. The van der Waals surface area contributed by atoms with Crippen molar-refractivity contribution in [1.82, 2.24) is 0 Å². The van der Waals surface area contributed by atoms with E-state index in [1.54, 1.807) is 12.1 Å². The topological polar surface area (TPSA) is 123 Å². The van der Waals surface area contributed by atoms with E-state index in [0.717, 1.165) is 23.8 Å². The van der Waals surface area contributed by atoms with Gasteiger partial charge in [-0.15, -0.1) is 9.24 Å². The maximum atomic E-state index is 6.07. The van der Waals surface area contributed by atoms with Gasteiger partial charge < -0.3 is 32.4 Å².